The Labute approximate surface area is 148 Å². The van der Waals surface area contributed by atoms with Crippen molar-refractivity contribution in [2.45, 2.75) is 20.3 Å². The summed E-state index contributed by atoms with van der Waals surface area (Å²) in [6.45, 7) is 7.99. The van der Waals surface area contributed by atoms with Crippen molar-refractivity contribution in [1.29, 1.82) is 0 Å². The largest absolute Gasteiger partial charge is 0.355 e. The van der Waals surface area contributed by atoms with Gasteiger partial charge in [-0.05, 0) is 50.6 Å². The number of aromatic nitrogens is 1. The highest BCUT2D eigenvalue weighted by molar-refractivity contribution is 6.00. The summed E-state index contributed by atoms with van der Waals surface area (Å²) < 4.78 is 0. The summed E-state index contributed by atoms with van der Waals surface area (Å²) in [4.78, 5) is 18.9. The SMILES string of the molecule is Cc1ccc(NC(=O)Nc2ccc(N3CCCNCC3)nc2)c(C)c1. The van der Waals surface area contributed by atoms with Crippen molar-refractivity contribution in [3.63, 3.8) is 0 Å². The number of pyridine rings is 1. The molecule has 0 atom stereocenters. The van der Waals surface area contributed by atoms with Gasteiger partial charge in [-0.15, -0.1) is 0 Å². The monoisotopic (exact) mass is 339 g/mol. The molecule has 0 saturated carbocycles. The molecule has 0 bridgehead atoms. The smallest absolute Gasteiger partial charge is 0.323 e. The van der Waals surface area contributed by atoms with Gasteiger partial charge in [0.2, 0.25) is 0 Å². The highest BCUT2D eigenvalue weighted by Gasteiger charge is 2.11. The molecule has 0 radical (unpaired) electrons. The van der Waals surface area contributed by atoms with Crippen molar-refractivity contribution >= 4 is 23.2 Å². The molecule has 0 aliphatic carbocycles. The van der Waals surface area contributed by atoms with E-state index in [2.05, 4.69) is 25.8 Å². The summed E-state index contributed by atoms with van der Waals surface area (Å²) in [6, 6.07) is 9.52. The van der Waals surface area contributed by atoms with Crippen LogP contribution in [0.5, 0.6) is 0 Å². The molecule has 3 N–H and O–H groups in total. The van der Waals surface area contributed by atoms with Gasteiger partial charge in [0.05, 0.1) is 11.9 Å². The Balaban J connectivity index is 1.59. The number of amides is 2. The first-order valence-electron chi connectivity index (χ1n) is 8.69. The Morgan fingerprint density at radius 3 is 2.76 bits per heavy atom. The fourth-order valence-corrected chi connectivity index (χ4v) is 2.96. The third-order valence-corrected chi connectivity index (χ3v) is 4.30. The summed E-state index contributed by atoms with van der Waals surface area (Å²) in [7, 11) is 0. The van der Waals surface area contributed by atoms with Crippen LogP contribution in [0.1, 0.15) is 17.5 Å². The summed E-state index contributed by atoms with van der Waals surface area (Å²) in [6.07, 6.45) is 2.81. The number of nitrogens with zero attached hydrogens (tertiary/aromatic N) is 2. The van der Waals surface area contributed by atoms with Gasteiger partial charge in [0, 0.05) is 25.3 Å². The van der Waals surface area contributed by atoms with E-state index in [1.165, 1.54) is 5.56 Å². The number of hydrogen-bond acceptors (Lipinski definition) is 4. The Kier molecular flexibility index (Phi) is 5.50. The first-order chi connectivity index (χ1) is 12.1. The summed E-state index contributed by atoms with van der Waals surface area (Å²) in [5.41, 5.74) is 3.70. The Bertz CT molecular complexity index is 721. The van der Waals surface area contributed by atoms with E-state index in [1.54, 1.807) is 6.20 Å². The fraction of sp³-hybridized carbons (Fsp3) is 0.368. The van der Waals surface area contributed by atoms with E-state index in [9.17, 15) is 4.79 Å². The van der Waals surface area contributed by atoms with Gasteiger partial charge < -0.3 is 20.9 Å². The number of urea groups is 1. The molecule has 1 aliphatic heterocycles. The number of nitrogens with one attached hydrogen (secondary N) is 3. The van der Waals surface area contributed by atoms with Crippen LogP contribution < -0.4 is 20.9 Å². The number of benzene rings is 1. The average Bonchev–Trinajstić information content (AvgIpc) is 2.87. The second-order valence-corrected chi connectivity index (χ2v) is 6.39. The van der Waals surface area contributed by atoms with E-state index in [4.69, 9.17) is 0 Å². The van der Waals surface area contributed by atoms with E-state index in [0.717, 1.165) is 49.7 Å². The maximum absolute atomic E-state index is 12.2. The molecule has 25 heavy (non-hydrogen) atoms. The maximum Gasteiger partial charge on any atom is 0.323 e. The van der Waals surface area contributed by atoms with Crippen LogP contribution in [0.2, 0.25) is 0 Å². The van der Waals surface area contributed by atoms with Gasteiger partial charge in [-0.3, -0.25) is 0 Å². The number of carbonyl (C=O) groups is 1. The van der Waals surface area contributed by atoms with Gasteiger partial charge in [-0.1, -0.05) is 17.7 Å². The molecule has 6 heteroatoms. The zero-order valence-corrected chi connectivity index (χ0v) is 14.8. The van der Waals surface area contributed by atoms with Gasteiger partial charge in [-0.2, -0.15) is 0 Å². The maximum atomic E-state index is 12.2. The molecule has 1 aromatic heterocycles. The highest BCUT2D eigenvalue weighted by Crippen LogP contribution is 2.18. The first kappa shape index (κ1) is 17.2. The number of anilines is 3. The van der Waals surface area contributed by atoms with Crippen LogP contribution in [0.4, 0.5) is 22.0 Å². The molecule has 2 aromatic rings. The van der Waals surface area contributed by atoms with Gasteiger partial charge in [0.15, 0.2) is 0 Å². The van der Waals surface area contributed by atoms with Crippen molar-refractivity contribution in [3.05, 3.63) is 47.7 Å². The molecule has 3 rings (SSSR count). The van der Waals surface area contributed by atoms with Crippen LogP contribution in [-0.2, 0) is 0 Å². The Morgan fingerprint density at radius 1 is 1.12 bits per heavy atom. The molecule has 1 aliphatic rings. The number of aryl methyl sites for hydroxylation is 2. The van der Waals surface area contributed by atoms with Crippen molar-refractivity contribution in [2.75, 3.05) is 41.7 Å². The van der Waals surface area contributed by atoms with E-state index >= 15 is 0 Å². The average molecular weight is 339 g/mol. The van der Waals surface area contributed by atoms with E-state index in [-0.39, 0.29) is 6.03 Å². The zero-order chi connectivity index (χ0) is 17.6. The van der Waals surface area contributed by atoms with Gasteiger partial charge in [0.1, 0.15) is 5.82 Å². The van der Waals surface area contributed by atoms with E-state index < -0.39 is 0 Å². The lowest BCUT2D eigenvalue weighted by molar-refractivity contribution is 0.262. The third kappa shape index (κ3) is 4.70. The minimum atomic E-state index is -0.263. The Hall–Kier alpha value is -2.60. The predicted molar refractivity (Wildman–Crippen MR) is 102 cm³/mol. The lowest BCUT2D eigenvalue weighted by Gasteiger charge is -2.21. The van der Waals surface area contributed by atoms with Crippen molar-refractivity contribution in [3.8, 4) is 0 Å². The topological polar surface area (TPSA) is 69.3 Å². The fourth-order valence-electron chi connectivity index (χ4n) is 2.96. The van der Waals surface area contributed by atoms with Gasteiger partial charge in [0.25, 0.3) is 0 Å². The van der Waals surface area contributed by atoms with E-state index in [1.807, 2.05) is 44.2 Å². The quantitative estimate of drug-likeness (QED) is 0.803. The molecule has 2 amide bonds. The summed E-state index contributed by atoms with van der Waals surface area (Å²) in [5, 5.41) is 9.09. The molecule has 2 heterocycles. The Morgan fingerprint density at radius 2 is 2.00 bits per heavy atom. The second kappa shape index (κ2) is 7.98. The van der Waals surface area contributed by atoms with E-state index in [0.29, 0.717) is 5.69 Å². The molecule has 132 valence electrons. The number of rotatable bonds is 3. The molecular formula is C19H25N5O. The minimum absolute atomic E-state index is 0.263. The zero-order valence-electron chi connectivity index (χ0n) is 14.8. The highest BCUT2D eigenvalue weighted by atomic mass is 16.2. The molecule has 0 spiro atoms. The predicted octanol–water partition coefficient (Wildman–Crippen LogP) is 3.14. The molecule has 1 fully saturated rings. The van der Waals surface area contributed by atoms with Crippen LogP contribution in [-0.4, -0.2) is 37.2 Å². The second-order valence-electron chi connectivity index (χ2n) is 6.39. The third-order valence-electron chi connectivity index (χ3n) is 4.30. The van der Waals surface area contributed by atoms with Crippen LogP contribution >= 0.6 is 0 Å². The molecular weight excluding hydrogens is 314 g/mol. The minimum Gasteiger partial charge on any atom is -0.355 e. The van der Waals surface area contributed by atoms with Crippen LogP contribution in [0, 0.1) is 13.8 Å². The first-order valence-corrected chi connectivity index (χ1v) is 8.69. The summed E-state index contributed by atoms with van der Waals surface area (Å²) >= 11 is 0. The normalized spacial score (nSPS) is 14.7. The van der Waals surface area contributed by atoms with Crippen molar-refractivity contribution in [1.82, 2.24) is 10.3 Å². The molecule has 6 nitrogen and oxygen atoms in total. The lowest BCUT2D eigenvalue weighted by atomic mass is 10.1. The molecule has 1 saturated heterocycles. The number of carbonyl (C=O) groups excluding carboxylic acids is 1. The van der Waals surface area contributed by atoms with Crippen LogP contribution in [0.15, 0.2) is 36.5 Å². The van der Waals surface area contributed by atoms with Crippen molar-refractivity contribution < 1.29 is 4.79 Å². The number of hydrogen-bond donors (Lipinski definition) is 3. The van der Waals surface area contributed by atoms with Crippen LogP contribution in [0.25, 0.3) is 0 Å². The molecule has 0 unspecified atom stereocenters. The summed E-state index contributed by atoms with van der Waals surface area (Å²) in [5.74, 6) is 0.948. The standard InChI is InChI=1S/C19H25N5O/c1-14-4-6-17(15(2)12-14)23-19(25)22-16-5-7-18(21-13-16)24-10-3-8-20-9-11-24/h4-7,12-13,20H,3,8-11H2,1-2H3,(H2,22,23,25). The van der Waals surface area contributed by atoms with Gasteiger partial charge in [-0.25, -0.2) is 9.78 Å². The van der Waals surface area contributed by atoms with Crippen LogP contribution in [0.3, 0.4) is 0 Å². The van der Waals surface area contributed by atoms with Crippen molar-refractivity contribution in [2.24, 2.45) is 0 Å². The lowest BCUT2D eigenvalue weighted by Crippen LogP contribution is -2.28. The molecule has 1 aromatic carbocycles. The van der Waals surface area contributed by atoms with Gasteiger partial charge >= 0.3 is 6.03 Å².